The molecule has 0 saturated carbocycles. The number of ketones is 1. The fraction of sp³-hybridized carbons (Fsp3) is 0.0968. The predicted molar refractivity (Wildman–Crippen MR) is 139 cm³/mol. The molecule has 1 heterocycles. The minimum absolute atomic E-state index is 0.281. The lowest BCUT2D eigenvalue weighted by Crippen LogP contribution is -2.42. The minimum atomic E-state index is -1.90. The van der Waals surface area contributed by atoms with Crippen LogP contribution < -0.4 is 4.90 Å². The number of carbonyl (C=O) groups excluding carboxylic acids is 2. The Hall–Kier alpha value is -4.28. The van der Waals surface area contributed by atoms with E-state index in [-0.39, 0.29) is 12.2 Å². The van der Waals surface area contributed by atoms with Gasteiger partial charge in [0.25, 0.3) is 5.91 Å². The maximum Gasteiger partial charge on any atom is 0.264 e. The van der Waals surface area contributed by atoms with E-state index in [1.165, 1.54) is 0 Å². The molecule has 4 aromatic carbocycles. The van der Waals surface area contributed by atoms with E-state index in [1.54, 1.807) is 35.2 Å². The zero-order valence-corrected chi connectivity index (χ0v) is 19.2. The number of hydrogen-bond acceptors (Lipinski definition) is 3. The first-order chi connectivity index (χ1) is 17.1. The number of nitrogens with zero attached hydrogens (tertiary/aromatic N) is 1. The van der Waals surface area contributed by atoms with E-state index >= 15 is 0 Å². The number of amides is 1. The minimum Gasteiger partial charge on any atom is -0.375 e. The Bertz CT molecular complexity index is 1380. The second kappa shape index (κ2) is 9.53. The molecule has 0 bridgehead atoms. The highest BCUT2D eigenvalue weighted by Crippen LogP contribution is 2.42. The van der Waals surface area contributed by atoms with Crippen LogP contribution in [0, 0.1) is 0 Å². The Morgan fingerprint density at radius 3 is 2.09 bits per heavy atom. The van der Waals surface area contributed by atoms with Crippen molar-refractivity contribution in [2.45, 2.75) is 12.0 Å². The normalized spacial score (nSPS) is 17.1. The summed E-state index contributed by atoms with van der Waals surface area (Å²) in [6.45, 7) is 0.299. The maximum absolute atomic E-state index is 13.4. The zero-order chi connectivity index (χ0) is 24.3. The van der Waals surface area contributed by atoms with Crippen molar-refractivity contribution in [3.05, 3.63) is 132 Å². The van der Waals surface area contributed by atoms with Crippen molar-refractivity contribution < 1.29 is 14.7 Å². The molecule has 172 valence electrons. The second-order valence-electron chi connectivity index (χ2n) is 8.65. The number of hydrogen-bond donors (Lipinski definition) is 1. The smallest absolute Gasteiger partial charge is 0.264 e. The predicted octanol–water partition coefficient (Wildman–Crippen LogP) is 5.87. The fourth-order valence-electron chi connectivity index (χ4n) is 4.53. The summed E-state index contributed by atoms with van der Waals surface area (Å²) in [6.07, 6.45) is 3.51. The zero-order valence-electron chi connectivity index (χ0n) is 19.2. The van der Waals surface area contributed by atoms with Crippen LogP contribution >= 0.6 is 0 Å². The van der Waals surface area contributed by atoms with Crippen LogP contribution in [0.25, 0.3) is 17.2 Å². The van der Waals surface area contributed by atoms with Gasteiger partial charge in [0.2, 0.25) is 0 Å². The molecule has 1 aliphatic rings. The molecular formula is C31H25NO3. The molecule has 1 amide bonds. The average molecular weight is 460 g/mol. The summed E-state index contributed by atoms with van der Waals surface area (Å²) < 4.78 is 0. The van der Waals surface area contributed by atoms with E-state index in [4.69, 9.17) is 0 Å². The number of rotatable bonds is 7. The van der Waals surface area contributed by atoms with Crippen LogP contribution in [0.3, 0.4) is 0 Å². The van der Waals surface area contributed by atoms with Crippen LogP contribution in [0.1, 0.15) is 27.9 Å². The van der Waals surface area contributed by atoms with Crippen molar-refractivity contribution in [2.24, 2.45) is 0 Å². The summed E-state index contributed by atoms with van der Waals surface area (Å²) in [4.78, 5) is 28.1. The van der Waals surface area contributed by atoms with Gasteiger partial charge < -0.3 is 10.0 Å². The Labute approximate surface area is 204 Å². The van der Waals surface area contributed by atoms with E-state index in [9.17, 15) is 14.7 Å². The maximum atomic E-state index is 13.4. The van der Waals surface area contributed by atoms with Gasteiger partial charge in [-0.15, -0.1) is 0 Å². The lowest BCUT2D eigenvalue weighted by atomic mass is 9.88. The molecule has 1 aliphatic heterocycles. The summed E-state index contributed by atoms with van der Waals surface area (Å²) in [5, 5.41) is 11.5. The number of carbonyl (C=O) groups is 2. The van der Waals surface area contributed by atoms with Gasteiger partial charge in [0.05, 0.1) is 12.1 Å². The first-order valence-electron chi connectivity index (χ1n) is 11.6. The molecule has 4 nitrogen and oxygen atoms in total. The third kappa shape index (κ3) is 4.44. The quantitative estimate of drug-likeness (QED) is 0.352. The first kappa shape index (κ1) is 22.5. The van der Waals surface area contributed by atoms with E-state index in [0.717, 1.165) is 16.7 Å². The molecule has 35 heavy (non-hydrogen) atoms. The van der Waals surface area contributed by atoms with Crippen LogP contribution in [0.15, 0.2) is 115 Å². The highest BCUT2D eigenvalue weighted by molar-refractivity contribution is 6.11. The van der Waals surface area contributed by atoms with Gasteiger partial charge in [-0.1, -0.05) is 115 Å². The highest BCUT2D eigenvalue weighted by Gasteiger charge is 2.50. The van der Waals surface area contributed by atoms with Crippen LogP contribution in [-0.2, 0) is 10.4 Å². The molecule has 0 spiro atoms. The van der Waals surface area contributed by atoms with Crippen molar-refractivity contribution in [3.63, 3.8) is 0 Å². The van der Waals surface area contributed by atoms with Gasteiger partial charge in [-0.2, -0.15) is 0 Å². The van der Waals surface area contributed by atoms with Crippen molar-refractivity contribution in [3.8, 4) is 11.1 Å². The molecule has 0 fully saturated rings. The van der Waals surface area contributed by atoms with Gasteiger partial charge in [-0.25, -0.2) is 0 Å². The van der Waals surface area contributed by atoms with E-state index in [2.05, 4.69) is 0 Å². The number of aliphatic hydroxyl groups is 1. The van der Waals surface area contributed by atoms with Gasteiger partial charge in [0.15, 0.2) is 11.4 Å². The van der Waals surface area contributed by atoms with Gasteiger partial charge in [-0.3, -0.25) is 9.59 Å². The Balaban J connectivity index is 1.36. The van der Waals surface area contributed by atoms with Crippen molar-refractivity contribution in [2.75, 3.05) is 11.4 Å². The van der Waals surface area contributed by atoms with Gasteiger partial charge in [-0.05, 0) is 22.8 Å². The van der Waals surface area contributed by atoms with Crippen molar-refractivity contribution in [1.82, 2.24) is 0 Å². The van der Waals surface area contributed by atoms with Gasteiger partial charge in [0.1, 0.15) is 0 Å². The molecule has 1 atom stereocenters. The third-order valence-electron chi connectivity index (χ3n) is 6.37. The third-order valence-corrected chi connectivity index (χ3v) is 6.37. The molecular weight excluding hydrogens is 434 g/mol. The monoisotopic (exact) mass is 459 g/mol. The van der Waals surface area contributed by atoms with Gasteiger partial charge >= 0.3 is 0 Å². The largest absolute Gasteiger partial charge is 0.375 e. The SMILES string of the molecule is O=C(CC1(O)C(=O)N(C/C=C/c2ccccc2)c2ccccc21)c1ccc(-c2ccccc2)cc1. The number of Topliss-reactive ketones (excluding diaryl/α,β-unsaturated/α-hetero) is 1. The summed E-state index contributed by atoms with van der Waals surface area (Å²) in [5.74, 6) is -0.761. The average Bonchev–Trinajstić information content (AvgIpc) is 3.11. The van der Waals surface area contributed by atoms with E-state index in [0.29, 0.717) is 23.4 Å². The lowest BCUT2D eigenvalue weighted by Gasteiger charge is -2.22. The van der Waals surface area contributed by atoms with Crippen LogP contribution in [0.5, 0.6) is 0 Å². The molecule has 0 saturated heterocycles. The second-order valence-corrected chi connectivity index (χ2v) is 8.65. The number of para-hydroxylation sites is 1. The molecule has 0 radical (unpaired) electrons. The van der Waals surface area contributed by atoms with Crippen molar-refractivity contribution >= 4 is 23.5 Å². The molecule has 0 aliphatic carbocycles. The molecule has 4 heteroatoms. The van der Waals surface area contributed by atoms with E-state index < -0.39 is 11.5 Å². The first-order valence-corrected chi connectivity index (χ1v) is 11.6. The highest BCUT2D eigenvalue weighted by atomic mass is 16.3. The van der Waals surface area contributed by atoms with Crippen LogP contribution in [-0.4, -0.2) is 23.3 Å². The van der Waals surface area contributed by atoms with Crippen molar-refractivity contribution in [1.29, 1.82) is 0 Å². The molecule has 1 N–H and O–H groups in total. The Morgan fingerprint density at radius 1 is 0.771 bits per heavy atom. The summed E-state index contributed by atoms with van der Waals surface area (Å²) in [7, 11) is 0. The Morgan fingerprint density at radius 2 is 1.37 bits per heavy atom. The van der Waals surface area contributed by atoms with Crippen LogP contribution in [0.4, 0.5) is 5.69 Å². The molecule has 1 unspecified atom stereocenters. The van der Waals surface area contributed by atoms with Crippen LogP contribution in [0.2, 0.25) is 0 Å². The number of benzene rings is 4. The summed E-state index contributed by atoms with van der Waals surface area (Å²) in [6, 6.07) is 34.1. The molecule has 5 rings (SSSR count). The molecule has 4 aromatic rings. The molecule has 0 aromatic heterocycles. The fourth-order valence-corrected chi connectivity index (χ4v) is 4.53. The summed E-state index contributed by atoms with van der Waals surface area (Å²) >= 11 is 0. The topological polar surface area (TPSA) is 57.6 Å². The van der Waals surface area contributed by atoms with E-state index in [1.807, 2.05) is 91.0 Å². The Kier molecular flexibility index (Phi) is 6.13. The summed E-state index contributed by atoms with van der Waals surface area (Å²) in [5.41, 5.74) is 2.75. The number of fused-ring (bicyclic) bond motifs is 1. The standard InChI is InChI=1S/C31H25NO3/c33-29(26-19-17-25(18-20-26)24-13-5-2-6-14-24)22-31(35)27-15-7-8-16-28(27)32(30(31)34)21-9-12-23-10-3-1-4-11-23/h1-20,35H,21-22H2/b12-9+. The van der Waals surface area contributed by atoms with Gasteiger partial charge in [0, 0.05) is 17.7 Å². The number of anilines is 1. The lowest BCUT2D eigenvalue weighted by molar-refractivity contribution is -0.135.